The van der Waals surface area contributed by atoms with Gasteiger partial charge in [-0.3, -0.25) is 4.90 Å². The van der Waals surface area contributed by atoms with Gasteiger partial charge in [0.2, 0.25) is 5.95 Å². The van der Waals surface area contributed by atoms with Crippen LogP contribution in [0.15, 0.2) is 144 Å². The van der Waals surface area contributed by atoms with Crippen LogP contribution in [0.4, 0.5) is 17.3 Å². The van der Waals surface area contributed by atoms with Gasteiger partial charge < -0.3 is 4.42 Å². The molecule has 238 valence electrons. The van der Waals surface area contributed by atoms with E-state index in [0.29, 0.717) is 23.5 Å². The zero-order valence-electron chi connectivity index (χ0n) is 27.4. The highest BCUT2D eigenvalue weighted by atomic mass is 16.3. The van der Waals surface area contributed by atoms with E-state index < -0.39 is 0 Å². The fraction of sp³-hybridized carbons (Fsp3) is 0.133. The number of hydrogen-bond donors (Lipinski definition) is 0. The Balaban J connectivity index is 1.19. The van der Waals surface area contributed by atoms with Gasteiger partial charge in [0.15, 0.2) is 11.6 Å². The van der Waals surface area contributed by atoms with Crippen molar-refractivity contribution in [3.63, 3.8) is 0 Å². The van der Waals surface area contributed by atoms with Gasteiger partial charge in [-0.2, -0.15) is 9.97 Å². The number of aromatic nitrogens is 3. The lowest BCUT2D eigenvalue weighted by Crippen LogP contribution is -2.43. The zero-order chi connectivity index (χ0) is 32.8. The summed E-state index contributed by atoms with van der Waals surface area (Å²) in [5, 5.41) is 2.13. The Hall–Kier alpha value is -6.07. The summed E-state index contributed by atoms with van der Waals surface area (Å²) in [5.74, 6) is 2.42. The van der Waals surface area contributed by atoms with Crippen molar-refractivity contribution in [2.45, 2.75) is 37.0 Å². The Labute approximate surface area is 289 Å². The number of nitrogens with zero attached hydrogens (tertiary/aromatic N) is 4. The van der Waals surface area contributed by atoms with E-state index in [1.807, 2.05) is 30.3 Å². The summed E-state index contributed by atoms with van der Waals surface area (Å²) in [4.78, 5) is 18.1. The highest BCUT2D eigenvalue weighted by Gasteiger charge is 2.52. The summed E-state index contributed by atoms with van der Waals surface area (Å²) in [5.41, 5.74) is 12.5. The van der Waals surface area contributed by atoms with Crippen molar-refractivity contribution in [2.24, 2.45) is 0 Å². The normalized spacial score (nSPS) is 18.7. The molecule has 1 aliphatic heterocycles. The number of anilines is 3. The Kier molecular flexibility index (Phi) is 5.83. The summed E-state index contributed by atoms with van der Waals surface area (Å²) in [7, 11) is 0. The molecule has 0 atom stereocenters. The third-order valence-corrected chi connectivity index (χ3v) is 11.4. The first-order valence-electron chi connectivity index (χ1n) is 17.6. The number of furan rings is 1. The van der Waals surface area contributed by atoms with Crippen LogP contribution in [0.1, 0.15) is 48.3 Å². The second-order valence-corrected chi connectivity index (χ2v) is 14.0. The Morgan fingerprint density at radius 3 is 2.14 bits per heavy atom. The van der Waals surface area contributed by atoms with Gasteiger partial charge >= 0.3 is 0 Å². The average Bonchev–Trinajstić information content (AvgIpc) is 3.58. The van der Waals surface area contributed by atoms with Gasteiger partial charge in [-0.05, 0) is 89.8 Å². The highest BCUT2D eigenvalue weighted by molar-refractivity contribution is 6.09. The van der Waals surface area contributed by atoms with E-state index in [1.54, 1.807) is 0 Å². The minimum absolute atomic E-state index is 0.0325. The summed E-state index contributed by atoms with van der Waals surface area (Å²) in [6, 6.07) is 49.3. The fourth-order valence-corrected chi connectivity index (χ4v) is 9.18. The SMILES string of the molecule is c1ccc(-c2ccc3c(c2)C24CCC(CC2)c2cccc(c24)N3c2nc(-c3ccccc3)nc(-c3cccc4c3oc3ccccc34)n2)cc1. The predicted molar refractivity (Wildman–Crippen MR) is 200 cm³/mol. The molecule has 0 radical (unpaired) electrons. The lowest BCUT2D eigenvalue weighted by molar-refractivity contribution is 0.278. The molecule has 5 nitrogen and oxygen atoms in total. The van der Waals surface area contributed by atoms with Crippen LogP contribution in [0, 0.1) is 0 Å². The van der Waals surface area contributed by atoms with Crippen molar-refractivity contribution in [1.82, 2.24) is 15.0 Å². The fourth-order valence-electron chi connectivity index (χ4n) is 9.18. The van der Waals surface area contributed by atoms with Crippen LogP contribution in [0.25, 0.3) is 55.8 Å². The van der Waals surface area contributed by atoms with Crippen molar-refractivity contribution in [2.75, 3.05) is 4.90 Å². The maximum absolute atomic E-state index is 6.51. The summed E-state index contributed by atoms with van der Waals surface area (Å²) < 4.78 is 6.51. The van der Waals surface area contributed by atoms with Gasteiger partial charge in [0.25, 0.3) is 0 Å². The van der Waals surface area contributed by atoms with Crippen molar-refractivity contribution in [3.05, 3.63) is 156 Å². The molecule has 8 aromatic rings. The molecule has 1 fully saturated rings. The monoisotopic (exact) mass is 644 g/mol. The number of benzene rings is 6. The largest absolute Gasteiger partial charge is 0.455 e. The topological polar surface area (TPSA) is 55.1 Å². The van der Waals surface area contributed by atoms with Crippen molar-refractivity contribution in [1.29, 1.82) is 0 Å². The van der Waals surface area contributed by atoms with Crippen LogP contribution in [0.2, 0.25) is 0 Å². The van der Waals surface area contributed by atoms with Gasteiger partial charge in [0.1, 0.15) is 11.2 Å². The van der Waals surface area contributed by atoms with Crippen LogP contribution >= 0.6 is 0 Å². The minimum Gasteiger partial charge on any atom is -0.455 e. The summed E-state index contributed by atoms with van der Waals surface area (Å²) >= 11 is 0. The van der Waals surface area contributed by atoms with Gasteiger partial charge in [0, 0.05) is 21.8 Å². The molecule has 5 heteroatoms. The Bertz CT molecular complexity index is 2620. The molecular weight excluding hydrogens is 613 g/mol. The standard InChI is InChI=1S/C45H32N4O/c1-3-11-28(12-4-1)31-21-22-37-36(27-31)45-25-23-29(24-26-45)32-16-10-19-38(40(32)45)49(37)44-47-42(30-13-5-2-6-14-30)46-43(48-44)35-18-9-17-34-33-15-7-8-20-39(33)50-41(34)35/h1-22,27,29H,23-26H2. The number of hydrogen-bond acceptors (Lipinski definition) is 5. The van der Waals surface area contributed by atoms with E-state index in [4.69, 9.17) is 19.4 Å². The molecule has 0 N–H and O–H groups in total. The first-order valence-corrected chi connectivity index (χ1v) is 17.6. The lowest BCUT2D eigenvalue weighted by atomic mass is 9.53. The van der Waals surface area contributed by atoms with E-state index >= 15 is 0 Å². The van der Waals surface area contributed by atoms with Crippen LogP contribution < -0.4 is 4.90 Å². The first-order chi connectivity index (χ1) is 24.7. The zero-order valence-corrected chi connectivity index (χ0v) is 27.4. The van der Waals surface area contributed by atoms with Crippen LogP contribution in [0.5, 0.6) is 0 Å². The van der Waals surface area contributed by atoms with E-state index in [9.17, 15) is 0 Å². The van der Waals surface area contributed by atoms with Gasteiger partial charge in [0.05, 0.1) is 16.9 Å². The van der Waals surface area contributed by atoms with E-state index in [1.165, 1.54) is 46.3 Å². The maximum Gasteiger partial charge on any atom is 0.238 e. The van der Waals surface area contributed by atoms with Crippen LogP contribution in [-0.2, 0) is 5.41 Å². The molecular formula is C45H32N4O. The molecule has 4 aliphatic rings. The Morgan fingerprint density at radius 1 is 0.580 bits per heavy atom. The molecule has 0 saturated heterocycles. The molecule has 2 aromatic heterocycles. The molecule has 1 saturated carbocycles. The van der Waals surface area contributed by atoms with E-state index in [2.05, 4.69) is 114 Å². The van der Waals surface area contributed by atoms with Gasteiger partial charge in [-0.15, -0.1) is 0 Å². The number of rotatable bonds is 4. The Morgan fingerprint density at radius 2 is 1.30 bits per heavy atom. The molecule has 6 aromatic carbocycles. The van der Waals surface area contributed by atoms with Gasteiger partial charge in [-0.1, -0.05) is 109 Å². The molecule has 3 aliphatic carbocycles. The molecule has 1 spiro atoms. The van der Waals surface area contributed by atoms with Crippen LogP contribution in [0.3, 0.4) is 0 Å². The molecule has 12 rings (SSSR count). The average molecular weight is 645 g/mol. The second kappa shape index (κ2) is 10.5. The molecule has 50 heavy (non-hydrogen) atoms. The molecule has 2 bridgehead atoms. The van der Waals surface area contributed by atoms with E-state index in [-0.39, 0.29) is 5.41 Å². The maximum atomic E-state index is 6.51. The lowest BCUT2D eigenvalue weighted by Gasteiger charge is -2.54. The molecule has 0 amide bonds. The minimum atomic E-state index is -0.0325. The summed E-state index contributed by atoms with van der Waals surface area (Å²) in [6.45, 7) is 0. The molecule has 3 heterocycles. The van der Waals surface area contributed by atoms with Crippen molar-refractivity contribution in [3.8, 4) is 33.9 Å². The smallest absolute Gasteiger partial charge is 0.238 e. The third-order valence-electron chi connectivity index (χ3n) is 11.4. The van der Waals surface area contributed by atoms with E-state index in [0.717, 1.165) is 51.6 Å². The summed E-state index contributed by atoms with van der Waals surface area (Å²) in [6.07, 6.45) is 4.76. The highest BCUT2D eigenvalue weighted by Crippen LogP contribution is 2.64. The first kappa shape index (κ1) is 27.8. The predicted octanol–water partition coefficient (Wildman–Crippen LogP) is 11.5. The second-order valence-electron chi connectivity index (χ2n) is 14.0. The van der Waals surface area contributed by atoms with Crippen molar-refractivity contribution >= 4 is 39.3 Å². The van der Waals surface area contributed by atoms with Crippen LogP contribution in [-0.4, -0.2) is 15.0 Å². The molecule has 0 unspecified atom stereocenters. The van der Waals surface area contributed by atoms with Gasteiger partial charge in [-0.25, -0.2) is 4.98 Å². The quantitative estimate of drug-likeness (QED) is 0.191. The number of para-hydroxylation sites is 2. The van der Waals surface area contributed by atoms with Crippen molar-refractivity contribution < 1.29 is 4.42 Å². The third kappa shape index (κ3) is 3.92. The number of fused-ring (bicyclic) bond motifs is 6.